The Kier molecular flexibility index (Phi) is 4.24. The zero-order valence-corrected chi connectivity index (χ0v) is 15.1. The molecule has 0 spiro atoms. The maximum absolute atomic E-state index is 4.88. The van der Waals surface area contributed by atoms with Gasteiger partial charge in [-0.25, -0.2) is 0 Å². The SMILES string of the molecule is Brc1ccc(C2(c3ccccc3)N=CC=C(c3ccccc3)N2)cc1. The van der Waals surface area contributed by atoms with Crippen LogP contribution in [0.3, 0.4) is 0 Å². The molecule has 0 amide bonds. The van der Waals surface area contributed by atoms with Gasteiger partial charge in [-0.2, -0.15) is 0 Å². The molecule has 25 heavy (non-hydrogen) atoms. The predicted octanol–water partition coefficient (Wildman–Crippen LogP) is 5.37. The number of rotatable bonds is 3. The maximum atomic E-state index is 4.88. The van der Waals surface area contributed by atoms with Gasteiger partial charge in [0.2, 0.25) is 0 Å². The van der Waals surface area contributed by atoms with Gasteiger partial charge in [0, 0.05) is 27.5 Å². The highest BCUT2D eigenvalue weighted by molar-refractivity contribution is 9.10. The Morgan fingerprint density at radius 3 is 2.00 bits per heavy atom. The summed E-state index contributed by atoms with van der Waals surface area (Å²) in [5.74, 6) is 0. The molecule has 1 unspecified atom stereocenters. The summed E-state index contributed by atoms with van der Waals surface area (Å²) in [7, 11) is 0. The molecule has 2 nitrogen and oxygen atoms in total. The van der Waals surface area contributed by atoms with Crippen LogP contribution >= 0.6 is 15.9 Å². The first-order valence-electron chi connectivity index (χ1n) is 8.19. The lowest BCUT2D eigenvalue weighted by atomic mass is 9.89. The fourth-order valence-corrected chi connectivity index (χ4v) is 3.37. The average Bonchev–Trinajstić information content (AvgIpc) is 2.70. The molecule has 122 valence electrons. The number of halogens is 1. The number of aliphatic imine (C=N–C) groups is 1. The Hall–Kier alpha value is -2.65. The van der Waals surface area contributed by atoms with Gasteiger partial charge in [0.25, 0.3) is 0 Å². The molecular weight excluding hydrogens is 372 g/mol. The quantitative estimate of drug-likeness (QED) is 0.640. The van der Waals surface area contributed by atoms with E-state index in [0.29, 0.717) is 0 Å². The minimum atomic E-state index is -0.637. The van der Waals surface area contributed by atoms with Crippen LogP contribution in [0.1, 0.15) is 16.7 Å². The largest absolute Gasteiger partial charge is 0.353 e. The summed E-state index contributed by atoms with van der Waals surface area (Å²) in [6.07, 6.45) is 3.92. The van der Waals surface area contributed by atoms with Crippen molar-refractivity contribution in [3.63, 3.8) is 0 Å². The van der Waals surface area contributed by atoms with Gasteiger partial charge in [-0.15, -0.1) is 0 Å². The highest BCUT2D eigenvalue weighted by Crippen LogP contribution is 2.36. The van der Waals surface area contributed by atoms with Crippen molar-refractivity contribution in [3.05, 3.63) is 112 Å². The van der Waals surface area contributed by atoms with Crippen molar-refractivity contribution in [1.82, 2.24) is 5.32 Å². The fraction of sp³-hybridized carbons (Fsp3) is 0.0455. The van der Waals surface area contributed by atoms with Gasteiger partial charge in [-0.05, 0) is 23.8 Å². The zero-order chi connectivity index (χ0) is 17.1. The highest BCUT2D eigenvalue weighted by Gasteiger charge is 2.35. The minimum absolute atomic E-state index is 0.637. The molecule has 0 radical (unpaired) electrons. The van der Waals surface area contributed by atoms with E-state index in [-0.39, 0.29) is 0 Å². The van der Waals surface area contributed by atoms with E-state index in [1.807, 2.05) is 48.7 Å². The second-order valence-electron chi connectivity index (χ2n) is 5.93. The van der Waals surface area contributed by atoms with Crippen molar-refractivity contribution in [3.8, 4) is 0 Å². The van der Waals surface area contributed by atoms with Crippen molar-refractivity contribution < 1.29 is 0 Å². The minimum Gasteiger partial charge on any atom is -0.353 e. The number of hydrogen-bond donors (Lipinski definition) is 1. The maximum Gasteiger partial charge on any atom is 0.181 e. The summed E-state index contributed by atoms with van der Waals surface area (Å²) < 4.78 is 1.05. The standard InChI is InChI=1S/C22H17BrN2/c23-20-13-11-19(12-14-20)22(18-9-5-2-6-10-18)24-16-15-21(25-22)17-7-3-1-4-8-17/h1-16,25H. The summed E-state index contributed by atoms with van der Waals surface area (Å²) >= 11 is 3.52. The summed E-state index contributed by atoms with van der Waals surface area (Å²) in [5, 5.41) is 3.68. The van der Waals surface area contributed by atoms with Gasteiger partial charge in [0.05, 0.1) is 0 Å². The lowest BCUT2D eigenvalue weighted by Gasteiger charge is -2.36. The molecule has 0 saturated carbocycles. The third-order valence-electron chi connectivity index (χ3n) is 4.36. The molecule has 3 aromatic rings. The van der Waals surface area contributed by atoms with Crippen molar-refractivity contribution in [1.29, 1.82) is 0 Å². The van der Waals surface area contributed by atoms with E-state index in [9.17, 15) is 0 Å². The normalized spacial score (nSPS) is 19.2. The smallest absolute Gasteiger partial charge is 0.181 e. The fourth-order valence-electron chi connectivity index (χ4n) is 3.11. The van der Waals surface area contributed by atoms with Crippen LogP contribution in [0.2, 0.25) is 0 Å². The average molecular weight is 389 g/mol. The number of allylic oxidation sites excluding steroid dienone is 1. The van der Waals surface area contributed by atoms with Gasteiger partial charge in [0.15, 0.2) is 5.66 Å². The molecule has 3 aromatic carbocycles. The Morgan fingerprint density at radius 2 is 1.32 bits per heavy atom. The Balaban J connectivity index is 1.84. The van der Waals surface area contributed by atoms with Crippen LogP contribution < -0.4 is 5.32 Å². The monoisotopic (exact) mass is 388 g/mol. The second kappa shape index (κ2) is 6.69. The summed E-state index contributed by atoms with van der Waals surface area (Å²) in [5.41, 5.74) is 3.77. The lowest BCUT2D eigenvalue weighted by Crippen LogP contribution is -2.42. The first kappa shape index (κ1) is 15.9. The number of benzene rings is 3. The molecule has 1 aliphatic rings. The van der Waals surface area contributed by atoms with Crippen LogP contribution in [0.25, 0.3) is 5.70 Å². The van der Waals surface area contributed by atoms with E-state index >= 15 is 0 Å². The number of nitrogens with zero attached hydrogens (tertiary/aromatic N) is 1. The summed E-state index contributed by atoms with van der Waals surface area (Å²) in [6, 6.07) is 29.0. The van der Waals surface area contributed by atoms with Crippen LogP contribution in [0.4, 0.5) is 0 Å². The van der Waals surface area contributed by atoms with Gasteiger partial charge in [-0.1, -0.05) is 88.7 Å². The van der Waals surface area contributed by atoms with E-state index < -0.39 is 5.66 Å². The number of nitrogens with one attached hydrogen (secondary N) is 1. The third kappa shape index (κ3) is 3.03. The van der Waals surface area contributed by atoms with Crippen LogP contribution in [-0.4, -0.2) is 6.21 Å². The lowest BCUT2D eigenvalue weighted by molar-refractivity contribution is 0.491. The highest BCUT2D eigenvalue weighted by atomic mass is 79.9. The molecule has 1 atom stereocenters. The molecular formula is C22H17BrN2. The van der Waals surface area contributed by atoms with Crippen LogP contribution in [-0.2, 0) is 5.66 Å². The molecule has 0 fully saturated rings. The van der Waals surface area contributed by atoms with Crippen LogP contribution in [0.15, 0.2) is 100 Å². The van der Waals surface area contributed by atoms with Crippen molar-refractivity contribution in [2.24, 2.45) is 4.99 Å². The van der Waals surface area contributed by atoms with Gasteiger partial charge >= 0.3 is 0 Å². The zero-order valence-electron chi connectivity index (χ0n) is 13.6. The van der Waals surface area contributed by atoms with E-state index in [4.69, 9.17) is 4.99 Å². The Labute approximate surface area is 156 Å². The number of hydrogen-bond acceptors (Lipinski definition) is 2. The van der Waals surface area contributed by atoms with Crippen LogP contribution in [0, 0.1) is 0 Å². The van der Waals surface area contributed by atoms with Gasteiger partial charge in [0.1, 0.15) is 0 Å². The van der Waals surface area contributed by atoms with Gasteiger partial charge < -0.3 is 5.32 Å². The summed E-state index contributed by atoms with van der Waals surface area (Å²) in [6.45, 7) is 0. The topological polar surface area (TPSA) is 24.4 Å². The molecule has 0 bridgehead atoms. The van der Waals surface area contributed by atoms with E-state index in [1.165, 1.54) is 0 Å². The van der Waals surface area contributed by atoms with Crippen molar-refractivity contribution in [2.75, 3.05) is 0 Å². The molecule has 0 saturated heterocycles. The van der Waals surface area contributed by atoms with E-state index in [1.54, 1.807) is 0 Å². The summed E-state index contributed by atoms with van der Waals surface area (Å²) in [4.78, 5) is 4.88. The first-order valence-corrected chi connectivity index (χ1v) is 8.98. The second-order valence-corrected chi connectivity index (χ2v) is 6.85. The Morgan fingerprint density at radius 1 is 0.720 bits per heavy atom. The van der Waals surface area contributed by atoms with Crippen molar-refractivity contribution in [2.45, 2.75) is 5.66 Å². The molecule has 0 aromatic heterocycles. The van der Waals surface area contributed by atoms with Crippen molar-refractivity contribution >= 4 is 27.8 Å². The molecule has 1 aliphatic heterocycles. The first-order chi connectivity index (χ1) is 12.3. The molecule has 4 rings (SSSR count). The predicted molar refractivity (Wildman–Crippen MR) is 107 cm³/mol. The van der Waals surface area contributed by atoms with E-state index in [0.717, 1.165) is 26.9 Å². The molecule has 3 heteroatoms. The molecule has 1 heterocycles. The Bertz CT molecular complexity index is 915. The van der Waals surface area contributed by atoms with E-state index in [2.05, 4.69) is 69.8 Å². The molecule has 1 N–H and O–H groups in total. The van der Waals surface area contributed by atoms with Crippen LogP contribution in [0.5, 0.6) is 0 Å². The van der Waals surface area contributed by atoms with Gasteiger partial charge in [-0.3, -0.25) is 4.99 Å². The third-order valence-corrected chi connectivity index (χ3v) is 4.89. The molecule has 0 aliphatic carbocycles.